The maximum atomic E-state index is 12.5. The molecule has 0 radical (unpaired) electrons. The van der Waals surface area contributed by atoms with Crippen molar-refractivity contribution in [3.8, 4) is 5.75 Å². The van der Waals surface area contributed by atoms with E-state index in [-0.39, 0.29) is 41.6 Å². The van der Waals surface area contributed by atoms with Crippen molar-refractivity contribution in [2.45, 2.75) is 6.42 Å². The van der Waals surface area contributed by atoms with Gasteiger partial charge in [0.25, 0.3) is 5.69 Å². The highest BCUT2D eigenvalue weighted by atomic mass is 16.6. The zero-order chi connectivity index (χ0) is 21.1. The van der Waals surface area contributed by atoms with Gasteiger partial charge < -0.3 is 24.9 Å². The molecule has 2 amide bonds. The first-order valence-corrected chi connectivity index (χ1v) is 8.55. The van der Waals surface area contributed by atoms with E-state index >= 15 is 0 Å². The second-order valence-electron chi connectivity index (χ2n) is 6.38. The summed E-state index contributed by atoms with van der Waals surface area (Å²) in [7, 11) is 1.33. The molecule has 10 nitrogen and oxygen atoms in total. The van der Waals surface area contributed by atoms with E-state index in [4.69, 9.17) is 4.74 Å². The van der Waals surface area contributed by atoms with Crippen LogP contribution >= 0.6 is 0 Å². The Morgan fingerprint density at radius 2 is 2.00 bits per heavy atom. The van der Waals surface area contributed by atoms with Gasteiger partial charge in [-0.2, -0.15) is 0 Å². The summed E-state index contributed by atoms with van der Waals surface area (Å²) in [6, 6.07) is 9.46. The smallest absolute Gasteiger partial charge is 0.273 e. The first kappa shape index (κ1) is 19.8. The fourth-order valence-electron chi connectivity index (χ4n) is 3.09. The number of carboxylic acids is 1. The molecule has 1 saturated heterocycles. The summed E-state index contributed by atoms with van der Waals surface area (Å²) in [5.41, 5.74) is 0.342. The molecule has 1 aliphatic heterocycles. The quantitative estimate of drug-likeness (QED) is 0.564. The lowest BCUT2D eigenvalue weighted by Gasteiger charge is -2.19. The minimum Gasteiger partial charge on any atom is -0.545 e. The molecule has 10 heteroatoms. The number of amides is 2. The van der Waals surface area contributed by atoms with Crippen molar-refractivity contribution >= 4 is 34.8 Å². The zero-order valence-corrected chi connectivity index (χ0v) is 15.3. The lowest BCUT2D eigenvalue weighted by Crippen LogP contribution is -2.28. The van der Waals surface area contributed by atoms with E-state index in [0.717, 1.165) is 0 Å². The van der Waals surface area contributed by atoms with Crippen molar-refractivity contribution < 1.29 is 29.2 Å². The van der Waals surface area contributed by atoms with Gasteiger partial charge in [-0.05, 0) is 23.8 Å². The molecule has 1 heterocycles. The molecular weight excluding hydrogens is 382 g/mol. The first-order valence-electron chi connectivity index (χ1n) is 8.55. The highest BCUT2D eigenvalue weighted by molar-refractivity contribution is 6.04. The molecule has 0 aliphatic carbocycles. The molecule has 1 atom stereocenters. The minimum atomic E-state index is -1.37. The maximum absolute atomic E-state index is 12.5. The van der Waals surface area contributed by atoms with Gasteiger partial charge in [0, 0.05) is 24.7 Å². The van der Waals surface area contributed by atoms with E-state index in [1.54, 1.807) is 0 Å². The van der Waals surface area contributed by atoms with Crippen molar-refractivity contribution in [3.05, 3.63) is 58.1 Å². The number of nitro benzene ring substituents is 1. The fourth-order valence-corrected chi connectivity index (χ4v) is 3.09. The number of nitro groups is 1. The third-order valence-corrected chi connectivity index (χ3v) is 4.53. The Morgan fingerprint density at radius 3 is 2.66 bits per heavy atom. The van der Waals surface area contributed by atoms with Crippen LogP contribution in [0, 0.1) is 16.0 Å². The van der Waals surface area contributed by atoms with Gasteiger partial charge in [-0.1, -0.05) is 12.1 Å². The zero-order valence-electron chi connectivity index (χ0n) is 15.3. The van der Waals surface area contributed by atoms with Gasteiger partial charge in [-0.15, -0.1) is 0 Å². The Bertz CT molecular complexity index is 1010. The predicted octanol–water partition coefficient (Wildman–Crippen LogP) is 0.958. The summed E-state index contributed by atoms with van der Waals surface area (Å²) in [5.74, 6) is -2.68. The van der Waals surface area contributed by atoms with Crippen LogP contribution in [-0.2, 0) is 9.59 Å². The lowest BCUT2D eigenvalue weighted by molar-refractivity contribution is -0.384. The maximum Gasteiger partial charge on any atom is 0.273 e. The van der Waals surface area contributed by atoms with Gasteiger partial charge >= 0.3 is 0 Å². The number of nitrogens with one attached hydrogen (secondary N) is 1. The van der Waals surface area contributed by atoms with Crippen LogP contribution in [0.3, 0.4) is 0 Å². The second-order valence-corrected chi connectivity index (χ2v) is 6.38. The van der Waals surface area contributed by atoms with E-state index in [1.165, 1.54) is 54.5 Å². The topological polar surface area (TPSA) is 142 Å². The summed E-state index contributed by atoms with van der Waals surface area (Å²) in [6.07, 6.45) is -0.0633. The first-order chi connectivity index (χ1) is 13.8. The number of nitrogens with zero attached hydrogens (tertiary/aromatic N) is 2. The molecule has 2 aromatic carbocycles. The molecular formula is C19H16N3O7-. The SMILES string of the molecule is COc1cc([N+](=O)[O-])ccc1N1C[C@@H](C(=O)Nc2cccc(C(=O)[O-])c2)CC1=O. The van der Waals surface area contributed by atoms with Gasteiger partial charge in [-0.3, -0.25) is 19.7 Å². The van der Waals surface area contributed by atoms with Crippen LogP contribution < -0.4 is 20.1 Å². The monoisotopic (exact) mass is 398 g/mol. The van der Waals surface area contributed by atoms with Crippen molar-refractivity contribution in [3.63, 3.8) is 0 Å². The molecule has 0 unspecified atom stereocenters. The largest absolute Gasteiger partial charge is 0.545 e. The molecule has 0 aromatic heterocycles. The molecule has 150 valence electrons. The molecule has 2 aromatic rings. The van der Waals surface area contributed by atoms with Gasteiger partial charge in [0.2, 0.25) is 11.8 Å². The van der Waals surface area contributed by atoms with Gasteiger partial charge in [0.15, 0.2) is 0 Å². The van der Waals surface area contributed by atoms with E-state index < -0.39 is 22.7 Å². The number of hydrogen-bond donors (Lipinski definition) is 1. The minimum absolute atomic E-state index is 0.0546. The fraction of sp³-hybridized carbons (Fsp3) is 0.211. The average molecular weight is 398 g/mol. The van der Waals surface area contributed by atoms with Crippen molar-refractivity contribution in [1.29, 1.82) is 0 Å². The lowest BCUT2D eigenvalue weighted by atomic mass is 10.1. The third kappa shape index (κ3) is 4.15. The molecule has 0 bridgehead atoms. The van der Waals surface area contributed by atoms with Crippen molar-refractivity contribution in [2.75, 3.05) is 23.9 Å². The Morgan fingerprint density at radius 1 is 1.24 bits per heavy atom. The number of carboxylic acid groups (broad SMARTS) is 1. The van der Waals surface area contributed by atoms with Crippen LogP contribution in [0.1, 0.15) is 16.8 Å². The number of benzene rings is 2. The number of methoxy groups -OCH3 is 1. The Balaban J connectivity index is 1.76. The van der Waals surface area contributed by atoms with Crippen molar-refractivity contribution in [2.24, 2.45) is 5.92 Å². The molecule has 1 fully saturated rings. The number of anilines is 2. The number of ether oxygens (including phenoxy) is 1. The Kier molecular flexibility index (Phi) is 5.44. The van der Waals surface area contributed by atoms with Gasteiger partial charge in [0.05, 0.1) is 35.7 Å². The van der Waals surface area contributed by atoms with E-state index in [9.17, 15) is 29.6 Å². The highest BCUT2D eigenvalue weighted by Gasteiger charge is 2.36. The number of carbonyl (C=O) groups excluding carboxylic acids is 3. The van der Waals surface area contributed by atoms with Gasteiger partial charge in [0.1, 0.15) is 5.75 Å². The summed E-state index contributed by atoms with van der Waals surface area (Å²) >= 11 is 0. The molecule has 29 heavy (non-hydrogen) atoms. The Hall–Kier alpha value is -3.95. The highest BCUT2D eigenvalue weighted by Crippen LogP contribution is 2.36. The number of carbonyl (C=O) groups is 3. The van der Waals surface area contributed by atoms with Crippen LogP contribution in [-0.4, -0.2) is 36.4 Å². The van der Waals surface area contributed by atoms with Crippen molar-refractivity contribution in [1.82, 2.24) is 0 Å². The Labute approximate surface area is 164 Å². The standard InChI is InChI=1S/C19H17N3O7/c1-29-16-9-14(22(27)28)5-6-15(16)21-10-12(8-17(21)23)18(24)20-13-4-2-3-11(7-13)19(25)26/h2-7,9,12H,8,10H2,1H3,(H,20,24)(H,25,26)/p-1/t12-/m0/s1. The summed E-state index contributed by atoms with van der Waals surface area (Å²) in [5, 5.41) is 24.5. The normalized spacial score (nSPS) is 15.8. The van der Waals surface area contributed by atoms with Crippen LogP contribution in [0.2, 0.25) is 0 Å². The molecule has 1 aliphatic rings. The third-order valence-electron chi connectivity index (χ3n) is 4.53. The van der Waals surface area contributed by atoms with E-state index in [1.807, 2.05) is 0 Å². The van der Waals surface area contributed by atoms with Crippen LogP contribution in [0.15, 0.2) is 42.5 Å². The van der Waals surface area contributed by atoms with Crippen LogP contribution in [0.5, 0.6) is 5.75 Å². The summed E-state index contributed by atoms with van der Waals surface area (Å²) in [6.45, 7) is 0.0546. The van der Waals surface area contributed by atoms with Crippen LogP contribution in [0.4, 0.5) is 17.1 Å². The molecule has 3 rings (SSSR count). The number of rotatable bonds is 6. The molecule has 0 spiro atoms. The van der Waals surface area contributed by atoms with Crippen LogP contribution in [0.25, 0.3) is 0 Å². The number of hydrogen-bond acceptors (Lipinski definition) is 7. The predicted molar refractivity (Wildman–Crippen MR) is 99.5 cm³/mol. The summed E-state index contributed by atoms with van der Waals surface area (Å²) < 4.78 is 5.16. The van der Waals surface area contributed by atoms with E-state index in [0.29, 0.717) is 5.69 Å². The van der Waals surface area contributed by atoms with Gasteiger partial charge in [-0.25, -0.2) is 0 Å². The average Bonchev–Trinajstić information content (AvgIpc) is 3.09. The number of non-ortho nitro benzene ring substituents is 1. The second kappa shape index (κ2) is 7.97. The number of aromatic carboxylic acids is 1. The summed E-state index contributed by atoms with van der Waals surface area (Å²) in [4.78, 5) is 47.6. The molecule has 0 saturated carbocycles. The molecule has 1 N–H and O–H groups in total. The van der Waals surface area contributed by atoms with E-state index in [2.05, 4.69) is 5.32 Å².